The Morgan fingerprint density at radius 3 is 2.90 bits per heavy atom. The molecule has 21 heavy (non-hydrogen) atoms. The van der Waals surface area contributed by atoms with Gasteiger partial charge in [0.1, 0.15) is 29.3 Å². The highest BCUT2D eigenvalue weighted by Gasteiger charge is 2.09. The van der Waals surface area contributed by atoms with Gasteiger partial charge < -0.3 is 4.74 Å². The molecule has 0 amide bonds. The van der Waals surface area contributed by atoms with Gasteiger partial charge in [-0.3, -0.25) is 0 Å². The zero-order chi connectivity index (χ0) is 14.2. The Bertz CT molecular complexity index is 916. The van der Waals surface area contributed by atoms with Crippen LogP contribution in [0.4, 0.5) is 4.39 Å². The molecular formula is C14H9FN4OS. The Morgan fingerprint density at radius 2 is 2.05 bits per heavy atom. The van der Waals surface area contributed by atoms with Crippen molar-refractivity contribution in [3.05, 3.63) is 53.7 Å². The van der Waals surface area contributed by atoms with Crippen LogP contribution in [-0.2, 0) is 6.61 Å². The Morgan fingerprint density at radius 1 is 1.19 bits per heavy atom. The number of rotatable bonds is 3. The fraction of sp³-hybridized carbons (Fsp3) is 0.0714. The zero-order valence-corrected chi connectivity index (χ0v) is 11.5. The molecular weight excluding hydrogens is 291 g/mol. The van der Waals surface area contributed by atoms with Gasteiger partial charge in [0.05, 0.1) is 5.39 Å². The molecule has 3 aromatic heterocycles. The van der Waals surface area contributed by atoms with Crippen LogP contribution < -0.4 is 4.74 Å². The largest absolute Gasteiger partial charge is 0.486 e. The average molecular weight is 300 g/mol. The normalized spacial score (nSPS) is 11.3. The van der Waals surface area contributed by atoms with Crippen molar-refractivity contribution in [2.75, 3.05) is 0 Å². The Hall–Kier alpha value is -2.54. The zero-order valence-electron chi connectivity index (χ0n) is 10.7. The average Bonchev–Trinajstić information content (AvgIpc) is 3.12. The van der Waals surface area contributed by atoms with E-state index in [9.17, 15) is 4.39 Å². The molecule has 0 radical (unpaired) electrons. The SMILES string of the molecule is Fc1ccc(OCc2nc3c4ccsc4ncn3n2)cc1. The summed E-state index contributed by atoms with van der Waals surface area (Å²) in [6, 6.07) is 7.83. The number of hydrogen-bond acceptors (Lipinski definition) is 5. The maximum absolute atomic E-state index is 12.8. The van der Waals surface area contributed by atoms with Gasteiger partial charge in [-0.05, 0) is 35.7 Å². The van der Waals surface area contributed by atoms with Gasteiger partial charge in [-0.2, -0.15) is 0 Å². The molecule has 0 fully saturated rings. The molecule has 0 aliphatic carbocycles. The van der Waals surface area contributed by atoms with E-state index >= 15 is 0 Å². The van der Waals surface area contributed by atoms with Gasteiger partial charge in [0.15, 0.2) is 11.5 Å². The van der Waals surface area contributed by atoms with Gasteiger partial charge in [0, 0.05) is 0 Å². The van der Waals surface area contributed by atoms with Crippen LogP contribution in [0, 0.1) is 5.82 Å². The summed E-state index contributed by atoms with van der Waals surface area (Å²) in [6.45, 7) is 0.221. The van der Waals surface area contributed by atoms with Crippen molar-refractivity contribution in [3.63, 3.8) is 0 Å². The summed E-state index contributed by atoms with van der Waals surface area (Å²) in [6.07, 6.45) is 1.64. The summed E-state index contributed by atoms with van der Waals surface area (Å²) in [5.41, 5.74) is 0.763. The second kappa shape index (κ2) is 4.78. The van der Waals surface area contributed by atoms with Crippen molar-refractivity contribution >= 4 is 27.2 Å². The van der Waals surface area contributed by atoms with E-state index in [0.717, 1.165) is 15.9 Å². The summed E-state index contributed by atoms with van der Waals surface area (Å²) in [4.78, 5) is 9.70. The second-order valence-electron chi connectivity index (χ2n) is 4.42. The molecule has 0 saturated carbocycles. The van der Waals surface area contributed by atoms with E-state index in [2.05, 4.69) is 15.1 Å². The summed E-state index contributed by atoms with van der Waals surface area (Å²) >= 11 is 1.56. The standard InChI is InChI=1S/C14H9FN4OS/c15-9-1-3-10(4-2-9)20-7-12-17-13-11-5-6-21-14(11)16-8-19(13)18-12/h1-6,8H,7H2. The molecule has 3 heterocycles. The predicted octanol–water partition coefficient (Wildman–Crippen LogP) is 3.06. The lowest BCUT2D eigenvalue weighted by atomic mass is 10.3. The molecule has 1 aromatic carbocycles. The fourth-order valence-electron chi connectivity index (χ4n) is 2.05. The first kappa shape index (κ1) is 12.2. The molecule has 104 valence electrons. The number of benzene rings is 1. The Labute approximate surface area is 122 Å². The highest BCUT2D eigenvalue weighted by molar-refractivity contribution is 7.16. The van der Waals surface area contributed by atoms with Gasteiger partial charge >= 0.3 is 0 Å². The number of ether oxygens (including phenoxy) is 1. The molecule has 0 unspecified atom stereocenters. The van der Waals surface area contributed by atoms with E-state index in [1.54, 1.807) is 34.3 Å². The van der Waals surface area contributed by atoms with Crippen molar-refractivity contribution in [1.29, 1.82) is 0 Å². The van der Waals surface area contributed by atoms with Crippen LogP contribution in [0.3, 0.4) is 0 Å². The van der Waals surface area contributed by atoms with E-state index < -0.39 is 0 Å². The Balaban J connectivity index is 1.63. The first-order valence-corrected chi connectivity index (χ1v) is 7.13. The topological polar surface area (TPSA) is 52.3 Å². The molecule has 4 rings (SSSR count). The van der Waals surface area contributed by atoms with E-state index in [1.807, 2.05) is 11.4 Å². The molecule has 0 spiro atoms. The first-order chi connectivity index (χ1) is 10.3. The van der Waals surface area contributed by atoms with E-state index in [-0.39, 0.29) is 12.4 Å². The molecule has 0 aliphatic heterocycles. The third kappa shape index (κ3) is 2.21. The maximum atomic E-state index is 12.8. The number of fused-ring (bicyclic) bond motifs is 3. The lowest BCUT2D eigenvalue weighted by Crippen LogP contribution is -1.98. The second-order valence-corrected chi connectivity index (χ2v) is 5.32. The van der Waals surface area contributed by atoms with Crippen LogP contribution in [0.1, 0.15) is 5.82 Å². The van der Waals surface area contributed by atoms with Gasteiger partial charge in [0.25, 0.3) is 0 Å². The lowest BCUT2D eigenvalue weighted by Gasteiger charge is -2.02. The monoisotopic (exact) mass is 300 g/mol. The highest BCUT2D eigenvalue weighted by atomic mass is 32.1. The van der Waals surface area contributed by atoms with E-state index in [0.29, 0.717) is 11.6 Å². The summed E-state index contributed by atoms with van der Waals surface area (Å²) in [5, 5.41) is 7.27. The quantitative estimate of drug-likeness (QED) is 0.583. The van der Waals surface area contributed by atoms with Crippen molar-refractivity contribution in [2.45, 2.75) is 6.61 Å². The molecule has 0 atom stereocenters. The maximum Gasteiger partial charge on any atom is 0.189 e. The van der Waals surface area contributed by atoms with Crippen molar-refractivity contribution in [1.82, 2.24) is 19.6 Å². The van der Waals surface area contributed by atoms with Gasteiger partial charge in [0.2, 0.25) is 0 Å². The predicted molar refractivity (Wildman–Crippen MR) is 76.9 cm³/mol. The minimum Gasteiger partial charge on any atom is -0.486 e. The molecule has 0 saturated heterocycles. The van der Waals surface area contributed by atoms with Crippen LogP contribution in [-0.4, -0.2) is 19.6 Å². The molecule has 0 bridgehead atoms. The highest BCUT2D eigenvalue weighted by Crippen LogP contribution is 2.21. The number of aromatic nitrogens is 4. The van der Waals surface area contributed by atoms with Gasteiger partial charge in [-0.25, -0.2) is 18.9 Å². The van der Waals surface area contributed by atoms with Gasteiger partial charge in [-0.15, -0.1) is 16.4 Å². The van der Waals surface area contributed by atoms with Crippen LogP contribution >= 0.6 is 11.3 Å². The van der Waals surface area contributed by atoms with E-state index in [4.69, 9.17) is 4.74 Å². The number of hydrogen-bond donors (Lipinski definition) is 0. The van der Waals surface area contributed by atoms with Gasteiger partial charge in [-0.1, -0.05) is 0 Å². The molecule has 5 nitrogen and oxygen atoms in total. The van der Waals surface area contributed by atoms with Crippen LogP contribution in [0.15, 0.2) is 42.0 Å². The molecule has 4 aromatic rings. The minimum atomic E-state index is -0.292. The van der Waals surface area contributed by atoms with Crippen LogP contribution in [0.2, 0.25) is 0 Å². The number of nitrogens with zero attached hydrogens (tertiary/aromatic N) is 4. The van der Waals surface area contributed by atoms with Crippen molar-refractivity contribution < 1.29 is 9.13 Å². The van der Waals surface area contributed by atoms with E-state index in [1.165, 1.54) is 12.1 Å². The van der Waals surface area contributed by atoms with Crippen LogP contribution in [0.25, 0.3) is 15.9 Å². The van der Waals surface area contributed by atoms with Crippen molar-refractivity contribution in [2.24, 2.45) is 0 Å². The fourth-order valence-corrected chi connectivity index (χ4v) is 2.78. The summed E-state index contributed by atoms with van der Waals surface area (Å²) in [7, 11) is 0. The molecule has 0 aliphatic rings. The number of thiophene rings is 1. The third-order valence-electron chi connectivity index (χ3n) is 3.03. The minimum absolute atomic E-state index is 0.221. The number of halogens is 1. The van der Waals surface area contributed by atoms with Crippen molar-refractivity contribution in [3.8, 4) is 5.75 Å². The Kier molecular flexibility index (Phi) is 2.78. The smallest absolute Gasteiger partial charge is 0.189 e. The molecule has 7 heteroatoms. The lowest BCUT2D eigenvalue weighted by molar-refractivity contribution is 0.295. The first-order valence-electron chi connectivity index (χ1n) is 6.25. The van der Waals surface area contributed by atoms with Crippen LogP contribution in [0.5, 0.6) is 5.75 Å². The molecule has 0 N–H and O–H groups in total. The third-order valence-corrected chi connectivity index (χ3v) is 3.85. The summed E-state index contributed by atoms with van der Waals surface area (Å²) < 4.78 is 20.0. The summed E-state index contributed by atoms with van der Waals surface area (Å²) in [5.74, 6) is 0.841.